The van der Waals surface area contributed by atoms with E-state index in [-0.39, 0.29) is 24.4 Å². The number of carbonyl (C=O) groups is 1. The van der Waals surface area contributed by atoms with Crippen LogP contribution < -0.4 is 10.2 Å². The molecule has 0 atom stereocenters. The number of esters is 1. The third kappa shape index (κ3) is 3.17. The first-order valence-corrected chi connectivity index (χ1v) is 4.45. The first kappa shape index (κ1) is 11.9. The average molecular weight is 222 g/mol. The maximum absolute atomic E-state index is 11.3. The summed E-state index contributed by atoms with van der Waals surface area (Å²) < 4.78 is 14.5. The Balaban J connectivity index is 2.59. The van der Waals surface area contributed by atoms with Gasteiger partial charge in [0.2, 0.25) is 11.2 Å². The number of hydrogen-bond donors (Lipinski definition) is 0. The van der Waals surface area contributed by atoms with Crippen LogP contribution in [0, 0.1) is 19.3 Å². The zero-order chi connectivity index (χ0) is 12.0. The Labute approximate surface area is 92.0 Å². The van der Waals surface area contributed by atoms with Crippen molar-refractivity contribution >= 4 is 5.97 Å². The summed E-state index contributed by atoms with van der Waals surface area (Å²) in [6, 6.07) is 1.20. The molecular weight excluding hydrogens is 212 g/mol. The molecule has 0 fully saturated rings. The summed E-state index contributed by atoms with van der Waals surface area (Å²) in [5.74, 6) is 1.81. The monoisotopic (exact) mass is 222 g/mol. The van der Waals surface area contributed by atoms with E-state index >= 15 is 0 Å². The van der Waals surface area contributed by atoms with E-state index in [0.29, 0.717) is 5.76 Å². The van der Waals surface area contributed by atoms with Gasteiger partial charge >= 0.3 is 5.97 Å². The van der Waals surface area contributed by atoms with E-state index < -0.39 is 5.97 Å². The van der Waals surface area contributed by atoms with Gasteiger partial charge in [0.25, 0.3) is 0 Å². The molecule has 16 heavy (non-hydrogen) atoms. The van der Waals surface area contributed by atoms with Crippen molar-refractivity contribution < 1.29 is 18.7 Å². The fraction of sp³-hybridized carbons (Fsp3) is 0.273. The molecule has 1 heterocycles. The maximum Gasteiger partial charge on any atom is 0.345 e. The summed E-state index contributed by atoms with van der Waals surface area (Å²) in [5, 5.41) is 0. The smallest absolute Gasteiger partial charge is 0.345 e. The predicted molar refractivity (Wildman–Crippen MR) is 55.0 cm³/mol. The van der Waals surface area contributed by atoms with Crippen LogP contribution in [-0.4, -0.2) is 19.2 Å². The molecule has 0 unspecified atom stereocenters. The molecule has 0 aliphatic rings. The molecule has 0 bridgehead atoms. The number of ether oxygens (including phenoxy) is 2. The van der Waals surface area contributed by atoms with Crippen molar-refractivity contribution in [3.8, 4) is 18.1 Å². The van der Waals surface area contributed by atoms with Crippen LogP contribution in [0.15, 0.2) is 21.5 Å². The highest BCUT2D eigenvalue weighted by molar-refractivity contribution is 5.71. The third-order valence-electron chi connectivity index (χ3n) is 1.66. The highest BCUT2D eigenvalue weighted by atomic mass is 16.6. The number of rotatable bonds is 4. The number of terminal acetylenes is 1. The molecule has 0 amide bonds. The van der Waals surface area contributed by atoms with Crippen molar-refractivity contribution in [2.75, 3.05) is 13.2 Å². The second-order valence-electron chi connectivity index (χ2n) is 2.82. The largest absolute Gasteiger partial charge is 0.475 e. The first-order chi connectivity index (χ1) is 7.65. The van der Waals surface area contributed by atoms with Gasteiger partial charge in [-0.25, -0.2) is 4.79 Å². The molecule has 0 aliphatic carbocycles. The zero-order valence-electron chi connectivity index (χ0n) is 8.69. The molecule has 0 aliphatic heterocycles. The van der Waals surface area contributed by atoms with Crippen molar-refractivity contribution in [2.24, 2.45) is 0 Å². The van der Waals surface area contributed by atoms with Crippen LogP contribution in [0.25, 0.3) is 0 Å². The van der Waals surface area contributed by atoms with E-state index in [2.05, 4.69) is 10.7 Å². The number of hydrogen-bond acceptors (Lipinski definition) is 5. The molecule has 84 valence electrons. The standard InChI is InChI=1S/C11H10O5/c1-3-5-15-10(13)7-16-11-8(2)14-6-4-9(11)12/h1,4,6H,5,7H2,2H3. The van der Waals surface area contributed by atoms with E-state index in [0.717, 1.165) is 0 Å². The summed E-state index contributed by atoms with van der Waals surface area (Å²) in [5.41, 5.74) is -0.353. The number of carbonyl (C=O) groups excluding carboxylic acids is 1. The highest BCUT2D eigenvalue weighted by Crippen LogP contribution is 2.10. The van der Waals surface area contributed by atoms with Crippen molar-refractivity contribution in [2.45, 2.75) is 6.92 Å². The minimum absolute atomic E-state index is 0.000146. The summed E-state index contributed by atoms with van der Waals surface area (Å²) in [6.07, 6.45) is 6.15. The predicted octanol–water partition coefficient (Wildman–Crippen LogP) is 0.503. The molecular formula is C11H10O5. The van der Waals surface area contributed by atoms with Gasteiger partial charge in [-0.1, -0.05) is 5.92 Å². The molecule has 0 saturated carbocycles. The molecule has 0 aromatic carbocycles. The Kier molecular flexibility index (Phi) is 4.16. The van der Waals surface area contributed by atoms with Crippen molar-refractivity contribution in [1.82, 2.24) is 0 Å². The topological polar surface area (TPSA) is 65.7 Å². The van der Waals surface area contributed by atoms with Crippen LogP contribution in [-0.2, 0) is 9.53 Å². The fourth-order valence-electron chi connectivity index (χ4n) is 0.968. The molecule has 0 radical (unpaired) electrons. The van der Waals surface area contributed by atoms with Gasteiger partial charge in [0.05, 0.1) is 6.26 Å². The molecule has 1 rings (SSSR count). The quantitative estimate of drug-likeness (QED) is 0.548. The Morgan fingerprint density at radius 2 is 2.38 bits per heavy atom. The highest BCUT2D eigenvalue weighted by Gasteiger charge is 2.09. The SMILES string of the molecule is C#CCOC(=O)COc1c(C)occc1=O. The summed E-state index contributed by atoms with van der Waals surface area (Å²) in [7, 11) is 0. The molecule has 1 aromatic heterocycles. The van der Waals surface area contributed by atoms with Crippen molar-refractivity contribution in [3.05, 3.63) is 28.3 Å². The normalized spacial score (nSPS) is 9.25. The van der Waals surface area contributed by atoms with Gasteiger partial charge in [0.1, 0.15) is 5.76 Å². The fourth-order valence-corrected chi connectivity index (χ4v) is 0.968. The van der Waals surface area contributed by atoms with Gasteiger partial charge in [-0.15, -0.1) is 6.42 Å². The molecule has 1 aromatic rings. The van der Waals surface area contributed by atoms with Crippen molar-refractivity contribution in [3.63, 3.8) is 0 Å². The Morgan fingerprint density at radius 3 is 3.00 bits per heavy atom. The maximum atomic E-state index is 11.3. The Bertz CT molecular complexity index is 466. The van der Waals surface area contributed by atoms with E-state index in [1.807, 2.05) is 0 Å². The second-order valence-corrected chi connectivity index (χ2v) is 2.82. The molecule has 5 heteroatoms. The van der Waals surface area contributed by atoms with E-state index in [9.17, 15) is 9.59 Å². The molecule has 0 saturated heterocycles. The minimum atomic E-state index is -0.638. The molecule has 5 nitrogen and oxygen atoms in total. The Hall–Kier alpha value is -2.22. The van der Waals surface area contributed by atoms with Crippen LogP contribution in [0.4, 0.5) is 0 Å². The van der Waals surface area contributed by atoms with Gasteiger partial charge in [0, 0.05) is 6.07 Å². The van der Waals surface area contributed by atoms with E-state index in [1.54, 1.807) is 6.92 Å². The minimum Gasteiger partial charge on any atom is -0.475 e. The summed E-state index contributed by atoms with van der Waals surface area (Å²) in [4.78, 5) is 22.3. The molecule has 0 spiro atoms. The van der Waals surface area contributed by atoms with Crippen LogP contribution in [0.1, 0.15) is 5.76 Å². The van der Waals surface area contributed by atoms with E-state index in [1.165, 1.54) is 12.3 Å². The average Bonchev–Trinajstić information content (AvgIpc) is 2.25. The Morgan fingerprint density at radius 1 is 1.62 bits per heavy atom. The first-order valence-electron chi connectivity index (χ1n) is 4.45. The lowest BCUT2D eigenvalue weighted by Gasteiger charge is -2.05. The van der Waals surface area contributed by atoms with Gasteiger partial charge in [-0.05, 0) is 6.92 Å². The van der Waals surface area contributed by atoms with Gasteiger partial charge < -0.3 is 13.9 Å². The lowest BCUT2D eigenvalue weighted by Crippen LogP contribution is -2.18. The lowest BCUT2D eigenvalue weighted by atomic mass is 10.4. The lowest BCUT2D eigenvalue weighted by molar-refractivity contribution is -0.144. The van der Waals surface area contributed by atoms with Crippen molar-refractivity contribution in [1.29, 1.82) is 0 Å². The van der Waals surface area contributed by atoms with Crippen LogP contribution >= 0.6 is 0 Å². The molecule has 0 N–H and O–H groups in total. The van der Waals surface area contributed by atoms with Gasteiger partial charge in [-0.2, -0.15) is 0 Å². The summed E-state index contributed by atoms with van der Waals surface area (Å²) >= 11 is 0. The second kappa shape index (κ2) is 5.61. The van der Waals surface area contributed by atoms with Gasteiger partial charge in [0.15, 0.2) is 13.2 Å². The van der Waals surface area contributed by atoms with Crippen LogP contribution in [0.2, 0.25) is 0 Å². The van der Waals surface area contributed by atoms with E-state index in [4.69, 9.17) is 15.6 Å². The van der Waals surface area contributed by atoms with Crippen LogP contribution in [0.3, 0.4) is 0 Å². The number of aryl methyl sites for hydroxylation is 1. The van der Waals surface area contributed by atoms with Gasteiger partial charge in [-0.3, -0.25) is 4.79 Å². The zero-order valence-corrected chi connectivity index (χ0v) is 8.69. The van der Waals surface area contributed by atoms with Crippen LogP contribution in [0.5, 0.6) is 5.75 Å². The summed E-state index contributed by atoms with van der Waals surface area (Å²) in [6.45, 7) is 1.06. The third-order valence-corrected chi connectivity index (χ3v) is 1.66.